The van der Waals surface area contributed by atoms with E-state index in [9.17, 15) is 0 Å². The van der Waals surface area contributed by atoms with E-state index < -0.39 is 0 Å². The molecule has 2 rings (SSSR count). The van der Waals surface area contributed by atoms with Crippen LogP contribution in [0.1, 0.15) is 20.3 Å². The van der Waals surface area contributed by atoms with Crippen LogP contribution < -0.4 is 5.32 Å². The fraction of sp³-hybridized carbons (Fsp3) is 0.467. The minimum Gasteiger partial charge on any atom is -0.385 e. The lowest BCUT2D eigenvalue weighted by Crippen LogP contribution is -2.24. The molecule has 102 valence electrons. The van der Waals surface area contributed by atoms with Gasteiger partial charge in [0.1, 0.15) is 0 Å². The molecule has 4 heteroatoms. The lowest BCUT2D eigenvalue weighted by atomic mass is 9.89. The van der Waals surface area contributed by atoms with Gasteiger partial charge >= 0.3 is 0 Å². The van der Waals surface area contributed by atoms with Crippen molar-refractivity contribution in [2.45, 2.75) is 20.3 Å². The molecule has 0 atom stereocenters. The summed E-state index contributed by atoms with van der Waals surface area (Å²) in [7, 11) is 1.74. The Morgan fingerprint density at radius 2 is 2.05 bits per heavy atom. The molecule has 0 aliphatic rings. The van der Waals surface area contributed by atoms with Crippen LogP contribution in [0, 0.1) is 5.41 Å². The van der Waals surface area contributed by atoms with Gasteiger partial charge in [0, 0.05) is 25.6 Å². The molecule has 2 aromatic rings. The first kappa shape index (κ1) is 13.7. The Morgan fingerprint density at radius 3 is 2.84 bits per heavy atom. The molecule has 4 nitrogen and oxygen atoms in total. The van der Waals surface area contributed by atoms with Gasteiger partial charge in [-0.2, -0.15) is 10.2 Å². The van der Waals surface area contributed by atoms with Crippen molar-refractivity contribution in [1.82, 2.24) is 10.2 Å². The van der Waals surface area contributed by atoms with Crippen molar-refractivity contribution in [1.29, 1.82) is 0 Å². The average molecular weight is 259 g/mol. The Labute approximate surface area is 114 Å². The molecule has 0 radical (unpaired) electrons. The van der Waals surface area contributed by atoms with E-state index in [4.69, 9.17) is 4.74 Å². The Kier molecular flexibility index (Phi) is 4.32. The van der Waals surface area contributed by atoms with E-state index in [0.717, 1.165) is 36.2 Å². The fourth-order valence-corrected chi connectivity index (χ4v) is 1.95. The van der Waals surface area contributed by atoms with Crippen LogP contribution in [0.5, 0.6) is 0 Å². The summed E-state index contributed by atoms with van der Waals surface area (Å²) in [5, 5.41) is 12.8. The number of fused-ring (bicyclic) bond motifs is 1. The molecule has 19 heavy (non-hydrogen) atoms. The molecule has 0 spiro atoms. The van der Waals surface area contributed by atoms with Crippen molar-refractivity contribution in [3.05, 3.63) is 30.5 Å². The maximum absolute atomic E-state index is 5.15. The van der Waals surface area contributed by atoms with Crippen molar-refractivity contribution in [2.75, 3.05) is 25.6 Å². The van der Waals surface area contributed by atoms with E-state index >= 15 is 0 Å². The first-order valence-corrected chi connectivity index (χ1v) is 6.56. The van der Waals surface area contributed by atoms with E-state index in [1.165, 1.54) is 0 Å². The zero-order valence-corrected chi connectivity index (χ0v) is 11.8. The van der Waals surface area contributed by atoms with Gasteiger partial charge in [0.05, 0.1) is 17.4 Å². The summed E-state index contributed by atoms with van der Waals surface area (Å²) in [6.45, 7) is 6.13. The Hall–Kier alpha value is -1.68. The lowest BCUT2D eigenvalue weighted by Gasteiger charge is -2.25. The largest absolute Gasteiger partial charge is 0.385 e. The summed E-state index contributed by atoms with van der Waals surface area (Å²) in [6.07, 6.45) is 2.81. The van der Waals surface area contributed by atoms with Gasteiger partial charge in [0.25, 0.3) is 0 Å². The van der Waals surface area contributed by atoms with Gasteiger partial charge < -0.3 is 10.1 Å². The zero-order chi connectivity index (χ0) is 13.7. The van der Waals surface area contributed by atoms with E-state index in [-0.39, 0.29) is 5.41 Å². The number of nitrogens with one attached hydrogen (secondary N) is 1. The first-order chi connectivity index (χ1) is 9.12. The molecule has 0 aliphatic carbocycles. The Morgan fingerprint density at radius 1 is 1.26 bits per heavy atom. The third kappa shape index (κ3) is 3.64. The highest BCUT2D eigenvalue weighted by Gasteiger charge is 2.17. The van der Waals surface area contributed by atoms with Crippen molar-refractivity contribution < 1.29 is 4.74 Å². The molecule has 0 saturated carbocycles. The molecule has 0 fully saturated rings. The van der Waals surface area contributed by atoms with Crippen LogP contribution in [0.4, 0.5) is 5.69 Å². The third-order valence-electron chi connectivity index (χ3n) is 3.29. The standard InChI is InChI=1S/C15H21N3O/c1-15(2,8-9-19-3)11-16-14-10-17-18-13-7-5-4-6-12(13)14/h4-7,10H,8-9,11H2,1-3H3,(H,16,18). The van der Waals surface area contributed by atoms with Gasteiger partial charge in [0.2, 0.25) is 0 Å². The summed E-state index contributed by atoms with van der Waals surface area (Å²) >= 11 is 0. The topological polar surface area (TPSA) is 47.0 Å². The van der Waals surface area contributed by atoms with Crippen molar-refractivity contribution in [3.63, 3.8) is 0 Å². The summed E-state index contributed by atoms with van der Waals surface area (Å²) in [5.41, 5.74) is 2.14. The van der Waals surface area contributed by atoms with Gasteiger partial charge in [-0.3, -0.25) is 0 Å². The maximum atomic E-state index is 5.15. The molecule has 0 aliphatic heterocycles. The summed E-state index contributed by atoms with van der Waals surface area (Å²) in [6, 6.07) is 8.03. The summed E-state index contributed by atoms with van der Waals surface area (Å²) in [5.74, 6) is 0. The molecule has 0 unspecified atom stereocenters. The number of anilines is 1. The second kappa shape index (κ2) is 5.97. The van der Waals surface area contributed by atoms with E-state index in [0.29, 0.717) is 0 Å². The minimum atomic E-state index is 0.181. The SMILES string of the molecule is COCCC(C)(C)CNc1cnnc2ccccc12. The third-order valence-corrected chi connectivity index (χ3v) is 3.29. The molecular weight excluding hydrogens is 238 g/mol. The average Bonchev–Trinajstić information content (AvgIpc) is 2.43. The maximum Gasteiger partial charge on any atom is 0.0950 e. The predicted octanol–water partition coefficient (Wildman–Crippen LogP) is 3.10. The quantitative estimate of drug-likeness (QED) is 0.866. The minimum absolute atomic E-state index is 0.181. The number of aromatic nitrogens is 2. The second-order valence-electron chi connectivity index (χ2n) is 5.54. The van der Waals surface area contributed by atoms with Gasteiger partial charge in [0.15, 0.2) is 0 Å². The molecular formula is C15H21N3O. The van der Waals surface area contributed by atoms with Crippen LogP contribution in [0.3, 0.4) is 0 Å². The van der Waals surface area contributed by atoms with Crippen LogP contribution >= 0.6 is 0 Å². The highest BCUT2D eigenvalue weighted by Crippen LogP contribution is 2.24. The molecule has 1 N–H and O–H groups in total. The van der Waals surface area contributed by atoms with E-state index in [2.05, 4.69) is 35.4 Å². The van der Waals surface area contributed by atoms with Crippen LogP contribution in [0.15, 0.2) is 30.5 Å². The number of hydrogen-bond acceptors (Lipinski definition) is 4. The van der Waals surface area contributed by atoms with Crippen molar-refractivity contribution in [3.8, 4) is 0 Å². The normalized spacial score (nSPS) is 11.7. The number of nitrogens with zero attached hydrogens (tertiary/aromatic N) is 2. The van der Waals surface area contributed by atoms with Crippen molar-refractivity contribution >= 4 is 16.6 Å². The van der Waals surface area contributed by atoms with Crippen LogP contribution in [-0.2, 0) is 4.74 Å². The van der Waals surface area contributed by atoms with Crippen LogP contribution in [0.25, 0.3) is 10.9 Å². The van der Waals surface area contributed by atoms with Gasteiger partial charge in [-0.1, -0.05) is 32.0 Å². The zero-order valence-electron chi connectivity index (χ0n) is 11.8. The van der Waals surface area contributed by atoms with Crippen molar-refractivity contribution in [2.24, 2.45) is 5.41 Å². The van der Waals surface area contributed by atoms with E-state index in [1.54, 1.807) is 13.3 Å². The Balaban J connectivity index is 2.09. The monoisotopic (exact) mass is 259 g/mol. The highest BCUT2D eigenvalue weighted by molar-refractivity contribution is 5.90. The highest BCUT2D eigenvalue weighted by atomic mass is 16.5. The summed E-state index contributed by atoms with van der Waals surface area (Å²) in [4.78, 5) is 0. The molecule has 0 saturated heterocycles. The number of hydrogen-bond donors (Lipinski definition) is 1. The number of methoxy groups -OCH3 is 1. The second-order valence-corrected chi connectivity index (χ2v) is 5.54. The smallest absolute Gasteiger partial charge is 0.0950 e. The first-order valence-electron chi connectivity index (χ1n) is 6.56. The Bertz CT molecular complexity index is 534. The number of rotatable bonds is 6. The number of benzene rings is 1. The van der Waals surface area contributed by atoms with Gasteiger partial charge in [-0.05, 0) is 17.9 Å². The lowest BCUT2D eigenvalue weighted by molar-refractivity contribution is 0.157. The summed E-state index contributed by atoms with van der Waals surface area (Å²) < 4.78 is 5.15. The van der Waals surface area contributed by atoms with Gasteiger partial charge in [-0.25, -0.2) is 0 Å². The predicted molar refractivity (Wildman–Crippen MR) is 78.3 cm³/mol. The van der Waals surface area contributed by atoms with E-state index in [1.807, 2.05) is 18.2 Å². The molecule has 1 aromatic carbocycles. The van der Waals surface area contributed by atoms with Crippen LogP contribution in [-0.4, -0.2) is 30.5 Å². The molecule has 0 bridgehead atoms. The molecule has 1 heterocycles. The fourth-order valence-electron chi connectivity index (χ4n) is 1.95. The van der Waals surface area contributed by atoms with Crippen LogP contribution in [0.2, 0.25) is 0 Å². The van der Waals surface area contributed by atoms with Gasteiger partial charge in [-0.15, -0.1) is 0 Å². The molecule has 0 amide bonds. The molecule has 1 aromatic heterocycles. The number of ether oxygens (including phenoxy) is 1.